The third-order valence-corrected chi connectivity index (χ3v) is 4.41. The third-order valence-electron chi connectivity index (χ3n) is 3.75. The van der Waals surface area contributed by atoms with E-state index in [1.165, 1.54) is 6.42 Å². The van der Waals surface area contributed by atoms with Crippen molar-refractivity contribution in [2.45, 2.75) is 19.4 Å². The molecule has 2 aromatic rings. The highest BCUT2D eigenvalue weighted by Crippen LogP contribution is 2.29. The van der Waals surface area contributed by atoms with Crippen LogP contribution >= 0.6 is 15.9 Å². The molecule has 0 N–H and O–H groups in total. The summed E-state index contributed by atoms with van der Waals surface area (Å²) in [4.78, 5) is 2.30. The summed E-state index contributed by atoms with van der Waals surface area (Å²) < 4.78 is 1.81. The SMILES string of the molecule is CC1CCN(c2nnnn2-c2ccccc2)C1CBr. The fourth-order valence-electron chi connectivity index (χ4n) is 2.59. The first-order chi connectivity index (χ1) is 9.31. The summed E-state index contributed by atoms with van der Waals surface area (Å²) in [5, 5.41) is 13.1. The number of alkyl halides is 1. The van der Waals surface area contributed by atoms with Crippen LogP contribution in [0.3, 0.4) is 0 Å². The first-order valence-electron chi connectivity index (χ1n) is 6.47. The minimum atomic E-state index is 0.452. The van der Waals surface area contributed by atoms with Gasteiger partial charge in [-0.3, -0.25) is 0 Å². The average molecular weight is 322 g/mol. The summed E-state index contributed by atoms with van der Waals surface area (Å²) in [5.74, 6) is 1.49. The van der Waals surface area contributed by atoms with Crippen LogP contribution in [0.4, 0.5) is 5.95 Å². The van der Waals surface area contributed by atoms with Gasteiger partial charge in [-0.25, -0.2) is 0 Å². The molecule has 1 aliphatic rings. The average Bonchev–Trinajstić information content (AvgIpc) is 3.05. The predicted molar refractivity (Wildman–Crippen MR) is 77.9 cm³/mol. The smallest absolute Gasteiger partial charge is 0.250 e. The number of para-hydroxylation sites is 1. The van der Waals surface area contributed by atoms with E-state index in [-0.39, 0.29) is 0 Å². The number of aromatic nitrogens is 4. The minimum Gasteiger partial charge on any atom is -0.335 e. The molecule has 0 saturated carbocycles. The second kappa shape index (κ2) is 5.28. The maximum atomic E-state index is 4.21. The Morgan fingerprint density at radius 3 is 2.84 bits per heavy atom. The highest BCUT2D eigenvalue weighted by atomic mass is 79.9. The number of nitrogens with zero attached hydrogens (tertiary/aromatic N) is 5. The summed E-state index contributed by atoms with van der Waals surface area (Å²) in [5.41, 5.74) is 0.996. The van der Waals surface area contributed by atoms with Crippen molar-refractivity contribution in [2.75, 3.05) is 16.8 Å². The van der Waals surface area contributed by atoms with Crippen LogP contribution in [0.5, 0.6) is 0 Å². The van der Waals surface area contributed by atoms with Crippen molar-refractivity contribution in [1.82, 2.24) is 20.2 Å². The van der Waals surface area contributed by atoms with Crippen LogP contribution in [0.1, 0.15) is 13.3 Å². The van der Waals surface area contributed by atoms with Gasteiger partial charge in [0, 0.05) is 17.9 Å². The molecular formula is C13H16BrN5. The zero-order valence-electron chi connectivity index (χ0n) is 10.8. The Morgan fingerprint density at radius 2 is 2.11 bits per heavy atom. The number of halogens is 1. The van der Waals surface area contributed by atoms with E-state index in [1.54, 1.807) is 0 Å². The van der Waals surface area contributed by atoms with E-state index < -0.39 is 0 Å². The number of benzene rings is 1. The van der Waals surface area contributed by atoms with Crippen LogP contribution in [0.2, 0.25) is 0 Å². The lowest BCUT2D eigenvalue weighted by atomic mass is 10.1. The van der Waals surface area contributed by atoms with E-state index in [9.17, 15) is 0 Å². The van der Waals surface area contributed by atoms with Crippen LogP contribution in [0.15, 0.2) is 30.3 Å². The molecule has 2 heterocycles. The molecule has 3 rings (SSSR count). The van der Waals surface area contributed by atoms with Gasteiger partial charge in [0.05, 0.1) is 5.69 Å². The molecule has 1 fully saturated rings. The molecule has 6 heteroatoms. The summed E-state index contributed by atoms with van der Waals surface area (Å²) >= 11 is 3.60. The minimum absolute atomic E-state index is 0.452. The molecule has 1 saturated heterocycles. The Labute approximate surface area is 120 Å². The van der Waals surface area contributed by atoms with Crippen molar-refractivity contribution in [2.24, 2.45) is 5.92 Å². The lowest BCUT2D eigenvalue weighted by Gasteiger charge is -2.25. The highest BCUT2D eigenvalue weighted by Gasteiger charge is 2.33. The van der Waals surface area contributed by atoms with Gasteiger partial charge in [-0.1, -0.05) is 46.2 Å². The van der Waals surface area contributed by atoms with Gasteiger partial charge in [0.25, 0.3) is 5.95 Å². The molecule has 1 aromatic carbocycles. The quantitative estimate of drug-likeness (QED) is 0.814. The molecular weight excluding hydrogens is 306 g/mol. The van der Waals surface area contributed by atoms with Crippen LogP contribution < -0.4 is 4.90 Å². The third kappa shape index (κ3) is 2.25. The molecule has 0 spiro atoms. The standard InChI is InChI=1S/C13H16BrN5/c1-10-7-8-18(12(10)9-14)13-15-16-17-19(13)11-5-3-2-4-6-11/h2-6,10,12H,7-9H2,1H3. The molecule has 2 atom stereocenters. The second-order valence-electron chi connectivity index (χ2n) is 4.91. The maximum Gasteiger partial charge on any atom is 0.250 e. The number of hydrogen-bond acceptors (Lipinski definition) is 4. The fraction of sp³-hybridized carbons (Fsp3) is 0.462. The van der Waals surface area contributed by atoms with Gasteiger partial charge in [0.1, 0.15) is 0 Å². The van der Waals surface area contributed by atoms with Crippen LogP contribution in [0.25, 0.3) is 5.69 Å². The number of anilines is 1. The van der Waals surface area contributed by atoms with E-state index in [2.05, 4.69) is 43.3 Å². The van der Waals surface area contributed by atoms with Crippen molar-refractivity contribution in [3.8, 4) is 5.69 Å². The van der Waals surface area contributed by atoms with E-state index in [1.807, 2.05) is 35.0 Å². The van der Waals surface area contributed by atoms with E-state index in [0.717, 1.165) is 23.5 Å². The lowest BCUT2D eigenvalue weighted by molar-refractivity contribution is 0.549. The van der Waals surface area contributed by atoms with Crippen LogP contribution in [-0.2, 0) is 0 Å². The Hall–Kier alpha value is -1.43. The molecule has 1 aliphatic heterocycles. The monoisotopic (exact) mass is 321 g/mol. The van der Waals surface area contributed by atoms with Gasteiger partial charge in [-0.15, -0.1) is 0 Å². The first kappa shape index (κ1) is 12.6. The summed E-state index contributed by atoms with van der Waals surface area (Å²) in [7, 11) is 0. The summed E-state index contributed by atoms with van der Waals surface area (Å²) in [6.07, 6.45) is 1.18. The number of rotatable bonds is 3. The fourth-order valence-corrected chi connectivity index (χ4v) is 3.58. The zero-order valence-corrected chi connectivity index (χ0v) is 12.4. The molecule has 19 heavy (non-hydrogen) atoms. The summed E-state index contributed by atoms with van der Waals surface area (Å²) in [6.45, 7) is 3.28. The number of hydrogen-bond donors (Lipinski definition) is 0. The normalized spacial score (nSPS) is 22.9. The van der Waals surface area contributed by atoms with E-state index >= 15 is 0 Å². The number of tetrazole rings is 1. The second-order valence-corrected chi connectivity index (χ2v) is 5.55. The molecule has 1 aromatic heterocycles. The van der Waals surface area contributed by atoms with Gasteiger partial charge >= 0.3 is 0 Å². The zero-order chi connectivity index (χ0) is 13.2. The van der Waals surface area contributed by atoms with E-state index in [0.29, 0.717) is 12.0 Å². The maximum absolute atomic E-state index is 4.21. The molecule has 5 nitrogen and oxygen atoms in total. The van der Waals surface area contributed by atoms with Gasteiger partial charge in [0.2, 0.25) is 0 Å². The van der Waals surface area contributed by atoms with E-state index in [4.69, 9.17) is 0 Å². The Kier molecular flexibility index (Phi) is 3.50. The topological polar surface area (TPSA) is 46.8 Å². The van der Waals surface area contributed by atoms with Crippen LogP contribution in [0, 0.1) is 5.92 Å². The van der Waals surface area contributed by atoms with Crippen LogP contribution in [-0.4, -0.2) is 38.1 Å². The lowest BCUT2D eigenvalue weighted by Crippen LogP contribution is -2.35. The molecule has 2 unspecified atom stereocenters. The Balaban J connectivity index is 1.97. The predicted octanol–water partition coefficient (Wildman–Crippen LogP) is 2.27. The van der Waals surface area contributed by atoms with Crippen molar-refractivity contribution in [3.05, 3.63) is 30.3 Å². The van der Waals surface area contributed by atoms with Gasteiger partial charge in [-0.2, -0.15) is 4.68 Å². The first-order valence-corrected chi connectivity index (χ1v) is 7.60. The Bertz CT molecular complexity index is 541. The molecule has 0 bridgehead atoms. The van der Waals surface area contributed by atoms with Gasteiger partial charge in [-0.05, 0) is 34.9 Å². The van der Waals surface area contributed by atoms with Crippen molar-refractivity contribution >= 4 is 21.9 Å². The molecule has 0 aliphatic carbocycles. The van der Waals surface area contributed by atoms with Crippen molar-refractivity contribution < 1.29 is 0 Å². The Morgan fingerprint density at radius 1 is 1.32 bits per heavy atom. The molecule has 100 valence electrons. The van der Waals surface area contributed by atoms with Crippen molar-refractivity contribution in [3.63, 3.8) is 0 Å². The largest absolute Gasteiger partial charge is 0.335 e. The van der Waals surface area contributed by atoms with Gasteiger partial charge < -0.3 is 4.90 Å². The molecule has 0 amide bonds. The summed E-state index contributed by atoms with van der Waals surface area (Å²) in [6, 6.07) is 10.5. The highest BCUT2D eigenvalue weighted by molar-refractivity contribution is 9.09. The van der Waals surface area contributed by atoms with Crippen molar-refractivity contribution in [1.29, 1.82) is 0 Å². The van der Waals surface area contributed by atoms with Gasteiger partial charge in [0.15, 0.2) is 0 Å². The molecule has 0 radical (unpaired) electrons.